The highest BCUT2D eigenvalue weighted by Gasteiger charge is 2.27. The summed E-state index contributed by atoms with van der Waals surface area (Å²) in [6.45, 7) is 3.19. The van der Waals surface area contributed by atoms with Gasteiger partial charge in [-0.2, -0.15) is 0 Å². The summed E-state index contributed by atoms with van der Waals surface area (Å²) in [6, 6.07) is 0. The first-order valence-corrected chi connectivity index (χ1v) is 6.20. The first-order valence-electron chi connectivity index (χ1n) is 6.20. The quantitative estimate of drug-likeness (QED) is 0.698. The predicted octanol–water partition coefficient (Wildman–Crippen LogP) is -0.0758. The van der Waals surface area contributed by atoms with E-state index >= 15 is 0 Å². The number of esters is 1. The van der Waals surface area contributed by atoms with Crippen molar-refractivity contribution in [2.45, 2.75) is 26.2 Å². The maximum absolute atomic E-state index is 12.2. The van der Waals surface area contributed by atoms with Crippen molar-refractivity contribution in [1.82, 2.24) is 10.2 Å². The normalized spacial score (nSPS) is 19.0. The Kier molecular flexibility index (Phi) is 5.61. The van der Waals surface area contributed by atoms with E-state index in [0.29, 0.717) is 32.5 Å². The van der Waals surface area contributed by atoms with Crippen LogP contribution in [0, 0.1) is 5.92 Å². The summed E-state index contributed by atoms with van der Waals surface area (Å²) in [5.41, 5.74) is 0. The fourth-order valence-corrected chi connectivity index (χ4v) is 1.95. The summed E-state index contributed by atoms with van der Waals surface area (Å²) in [6.07, 6.45) is 1.18. The van der Waals surface area contributed by atoms with E-state index in [1.165, 1.54) is 7.11 Å². The van der Waals surface area contributed by atoms with E-state index in [0.717, 1.165) is 0 Å². The molecular formula is C12H20N2O4. The number of hydrogen-bond donors (Lipinski definition) is 1. The molecule has 1 N–H and O–H groups in total. The first-order chi connectivity index (χ1) is 8.58. The number of carbonyl (C=O) groups excluding carboxylic acids is 3. The Bertz CT molecular complexity index is 320. The van der Waals surface area contributed by atoms with Gasteiger partial charge in [0.15, 0.2) is 0 Å². The van der Waals surface area contributed by atoms with Crippen molar-refractivity contribution in [3.63, 3.8) is 0 Å². The summed E-state index contributed by atoms with van der Waals surface area (Å²) < 4.78 is 4.55. The summed E-state index contributed by atoms with van der Waals surface area (Å²) in [5.74, 6) is -0.489. The van der Waals surface area contributed by atoms with Crippen LogP contribution in [0.5, 0.6) is 0 Å². The molecule has 0 aliphatic carbocycles. The van der Waals surface area contributed by atoms with Crippen molar-refractivity contribution in [2.75, 3.05) is 26.7 Å². The van der Waals surface area contributed by atoms with Gasteiger partial charge in [-0.05, 0) is 13.3 Å². The van der Waals surface area contributed by atoms with Gasteiger partial charge in [0.25, 0.3) is 0 Å². The fraction of sp³-hybridized carbons (Fsp3) is 0.750. The Labute approximate surface area is 107 Å². The van der Waals surface area contributed by atoms with Crippen LogP contribution < -0.4 is 5.32 Å². The van der Waals surface area contributed by atoms with Gasteiger partial charge in [-0.15, -0.1) is 0 Å². The molecule has 102 valence electrons. The monoisotopic (exact) mass is 256 g/mol. The second kappa shape index (κ2) is 6.98. The summed E-state index contributed by atoms with van der Waals surface area (Å²) in [5, 5.41) is 2.69. The van der Waals surface area contributed by atoms with Gasteiger partial charge in [-0.1, -0.05) is 0 Å². The van der Waals surface area contributed by atoms with Crippen LogP contribution in [0.1, 0.15) is 26.2 Å². The van der Waals surface area contributed by atoms with Crippen LogP contribution in [0.15, 0.2) is 0 Å². The molecular weight excluding hydrogens is 236 g/mol. The van der Waals surface area contributed by atoms with Crippen LogP contribution in [0.25, 0.3) is 0 Å². The Morgan fingerprint density at radius 3 is 2.72 bits per heavy atom. The molecule has 0 spiro atoms. The lowest BCUT2D eigenvalue weighted by Crippen LogP contribution is -2.45. The number of ether oxygens (including phenoxy) is 1. The second-order valence-corrected chi connectivity index (χ2v) is 4.28. The second-order valence-electron chi connectivity index (χ2n) is 4.28. The van der Waals surface area contributed by atoms with Crippen LogP contribution in [-0.4, -0.2) is 49.4 Å². The number of nitrogens with one attached hydrogen (secondary N) is 1. The molecule has 1 atom stereocenters. The van der Waals surface area contributed by atoms with Gasteiger partial charge in [0.2, 0.25) is 11.8 Å². The summed E-state index contributed by atoms with van der Waals surface area (Å²) in [4.78, 5) is 35.9. The zero-order valence-electron chi connectivity index (χ0n) is 10.9. The third kappa shape index (κ3) is 4.01. The van der Waals surface area contributed by atoms with E-state index in [9.17, 15) is 14.4 Å². The van der Waals surface area contributed by atoms with Gasteiger partial charge < -0.3 is 15.0 Å². The van der Waals surface area contributed by atoms with Crippen molar-refractivity contribution in [2.24, 2.45) is 5.92 Å². The van der Waals surface area contributed by atoms with E-state index in [-0.39, 0.29) is 30.1 Å². The lowest BCUT2D eigenvalue weighted by Gasteiger charge is -2.28. The van der Waals surface area contributed by atoms with Crippen LogP contribution in [0.3, 0.4) is 0 Å². The van der Waals surface area contributed by atoms with E-state index in [1.807, 2.05) is 6.92 Å². The van der Waals surface area contributed by atoms with Crippen molar-refractivity contribution in [1.29, 1.82) is 0 Å². The predicted molar refractivity (Wildman–Crippen MR) is 64.6 cm³/mol. The van der Waals surface area contributed by atoms with Crippen molar-refractivity contribution in [3.8, 4) is 0 Å². The molecule has 1 fully saturated rings. The van der Waals surface area contributed by atoms with Crippen LogP contribution in [0.2, 0.25) is 0 Å². The van der Waals surface area contributed by atoms with Gasteiger partial charge in [0, 0.05) is 26.1 Å². The molecule has 2 amide bonds. The highest BCUT2D eigenvalue weighted by atomic mass is 16.5. The van der Waals surface area contributed by atoms with Gasteiger partial charge >= 0.3 is 5.97 Å². The number of carbonyl (C=O) groups is 3. The molecule has 1 heterocycles. The Balaban J connectivity index is 2.46. The van der Waals surface area contributed by atoms with Gasteiger partial charge in [0.05, 0.1) is 19.4 Å². The van der Waals surface area contributed by atoms with Crippen molar-refractivity contribution >= 4 is 17.8 Å². The summed E-state index contributed by atoms with van der Waals surface area (Å²) in [7, 11) is 1.33. The minimum Gasteiger partial charge on any atom is -0.469 e. The first kappa shape index (κ1) is 14.5. The molecule has 0 aromatic rings. The molecule has 1 rings (SSSR count). The molecule has 6 heteroatoms. The Morgan fingerprint density at radius 2 is 2.22 bits per heavy atom. The number of nitrogens with zero attached hydrogens (tertiary/aromatic N) is 1. The smallest absolute Gasteiger partial charge is 0.307 e. The third-order valence-corrected chi connectivity index (χ3v) is 3.12. The van der Waals surface area contributed by atoms with Crippen LogP contribution in [0.4, 0.5) is 0 Å². The Hall–Kier alpha value is -1.59. The fourth-order valence-electron chi connectivity index (χ4n) is 1.95. The SMILES string of the molecule is CCN(CCC(=O)OC)C(=O)C1CCC(=O)NC1. The number of amides is 2. The summed E-state index contributed by atoms with van der Waals surface area (Å²) >= 11 is 0. The zero-order valence-corrected chi connectivity index (χ0v) is 10.9. The van der Waals surface area contributed by atoms with Crippen LogP contribution >= 0.6 is 0 Å². The van der Waals surface area contributed by atoms with Crippen LogP contribution in [-0.2, 0) is 19.1 Å². The molecule has 0 bridgehead atoms. The number of piperidine rings is 1. The number of rotatable bonds is 5. The zero-order chi connectivity index (χ0) is 13.5. The minimum absolute atomic E-state index is 0.00130. The maximum Gasteiger partial charge on any atom is 0.307 e. The van der Waals surface area contributed by atoms with E-state index in [4.69, 9.17) is 0 Å². The van der Waals surface area contributed by atoms with Crippen molar-refractivity contribution < 1.29 is 19.1 Å². The number of methoxy groups -OCH3 is 1. The van der Waals surface area contributed by atoms with E-state index in [2.05, 4.69) is 10.1 Å². The van der Waals surface area contributed by atoms with E-state index < -0.39 is 0 Å². The van der Waals surface area contributed by atoms with Crippen molar-refractivity contribution in [3.05, 3.63) is 0 Å². The largest absolute Gasteiger partial charge is 0.469 e. The number of hydrogen-bond acceptors (Lipinski definition) is 4. The molecule has 0 aromatic heterocycles. The lowest BCUT2D eigenvalue weighted by atomic mass is 9.97. The standard InChI is InChI=1S/C12H20N2O4/c1-3-14(7-6-11(16)18-2)12(17)9-4-5-10(15)13-8-9/h9H,3-8H2,1-2H3,(H,13,15). The molecule has 18 heavy (non-hydrogen) atoms. The van der Waals surface area contributed by atoms with Gasteiger partial charge in [-0.3, -0.25) is 14.4 Å². The van der Waals surface area contributed by atoms with Gasteiger partial charge in [0.1, 0.15) is 0 Å². The Morgan fingerprint density at radius 1 is 1.50 bits per heavy atom. The van der Waals surface area contributed by atoms with E-state index in [1.54, 1.807) is 4.90 Å². The molecule has 6 nitrogen and oxygen atoms in total. The molecule has 0 aromatic carbocycles. The highest BCUT2D eigenvalue weighted by Crippen LogP contribution is 2.14. The molecule has 0 saturated carbocycles. The maximum atomic E-state index is 12.2. The lowest BCUT2D eigenvalue weighted by molar-refractivity contribution is -0.142. The van der Waals surface area contributed by atoms with Gasteiger partial charge in [-0.25, -0.2) is 0 Å². The molecule has 1 saturated heterocycles. The topological polar surface area (TPSA) is 75.7 Å². The third-order valence-electron chi connectivity index (χ3n) is 3.12. The molecule has 1 unspecified atom stereocenters. The molecule has 1 aliphatic rings. The highest BCUT2D eigenvalue weighted by molar-refractivity contribution is 5.84. The average molecular weight is 256 g/mol. The minimum atomic E-state index is -0.321. The molecule has 1 aliphatic heterocycles. The molecule has 0 radical (unpaired) electrons. The average Bonchev–Trinajstić information content (AvgIpc) is 2.39.